The van der Waals surface area contributed by atoms with E-state index in [-0.39, 0.29) is 12.1 Å². The van der Waals surface area contributed by atoms with Crippen LogP contribution in [0.25, 0.3) is 0 Å². The maximum absolute atomic E-state index is 6.24. The molecule has 0 fully saturated rings. The zero-order valence-electron chi connectivity index (χ0n) is 11.6. The van der Waals surface area contributed by atoms with Gasteiger partial charge in [-0.05, 0) is 32.0 Å². The molecule has 3 rings (SSSR count). The summed E-state index contributed by atoms with van der Waals surface area (Å²) in [5.74, 6) is 0.815. The maximum Gasteiger partial charge on any atom is 0.129 e. The van der Waals surface area contributed by atoms with Gasteiger partial charge in [0.25, 0.3) is 0 Å². The first-order chi connectivity index (χ1) is 9.54. The van der Waals surface area contributed by atoms with Crippen molar-refractivity contribution in [3.8, 4) is 5.75 Å². The molecule has 0 spiro atoms. The summed E-state index contributed by atoms with van der Waals surface area (Å²) in [5.41, 5.74) is 8.29. The number of hydrogen-bond acceptors (Lipinski definition) is 3. The summed E-state index contributed by atoms with van der Waals surface area (Å²) in [6, 6.07) is 5.87. The Bertz CT molecular complexity index is 623. The van der Waals surface area contributed by atoms with Crippen molar-refractivity contribution in [1.82, 2.24) is 9.78 Å². The van der Waals surface area contributed by atoms with Crippen LogP contribution < -0.4 is 10.5 Å². The highest BCUT2D eigenvalue weighted by atomic mass is 35.5. The molecule has 0 amide bonds. The van der Waals surface area contributed by atoms with E-state index < -0.39 is 0 Å². The molecule has 2 heterocycles. The fourth-order valence-corrected chi connectivity index (χ4v) is 2.66. The molecule has 2 aromatic rings. The van der Waals surface area contributed by atoms with Crippen LogP contribution in [-0.4, -0.2) is 9.78 Å². The largest absolute Gasteiger partial charge is 0.485 e. The summed E-state index contributed by atoms with van der Waals surface area (Å²) in [5, 5.41) is 5.05. The number of benzene rings is 1. The lowest BCUT2D eigenvalue weighted by molar-refractivity contribution is 0.161. The third kappa shape index (κ3) is 2.41. The average Bonchev–Trinajstić information content (AvgIpc) is 2.89. The van der Waals surface area contributed by atoms with Crippen LogP contribution in [0.1, 0.15) is 49.6 Å². The first-order valence-electron chi connectivity index (χ1n) is 6.80. The number of fused-ring (bicyclic) bond motifs is 1. The van der Waals surface area contributed by atoms with Crippen molar-refractivity contribution in [2.24, 2.45) is 5.73 Å². The van der Waals surface area contributed by atoms with E-state index in [4.69, 9.17) is 22.1 Å². The summed E-state index contributed by atoms with van der Waals surface area (Å²) < 4.78 is 7.98. The molecule has 0 saturated heterocycles. The molecule has 1 unspecified atom stereocenters. The standard InChI is InChI=1S/C15H18ClN3O/c1-9(2)19-8-10(7-18-19)15-6-13(17)12-5-11(16)3-4-14(12)20-15/h3-5,7-9,13,15H,6,17H2,1-2H3/t13-,15?/m1/s1. The summed E-state index contributed by atoms with van der Waals surface area (Å²) in [6.45, 7) is 4.20. The number of nitrogens with two attached hydrogens (primary N) is 1. The minimum atomic E-state index is -0.0650. The molecule has 2 atom stereocenters. The van der Waals surface area contributed by atoms with Crippen LogP contribution in [0.3, 0.4) is 0 Å². The van der Waals surface area contributed by atoms with Gasteiger partial charge in [-0.2, -0.15) is 5.10 Å². The van der Waals surface area contributed by atoms with Crippen molar-refractivity contribution in [3.63, 3.8) is 0 Å². The third-order valence-corrected chi connectivity index (χ3v) is 3.87. The lowest BCUT2D eigenvalue weighted by atomic mass is 9.95. The van der Waals surface area contributed by atoms with Crippen LogP contribution in [0.5, 0.6) is 5.75 Å². The van der Waals surface area contributed by atoms with Gasteiger partial charge < -0.3 is 10.5 Å². The summed E-state index contributed by atoms with van der Waals surface area (Å²) in [4.78, 5) is 0. The summed E-state index contributed by atoms with van der Waals surface area (Å²) >= 11 is 6.01. The molecule has 0 saturated carbocycles. The predicted octanol–water partition coefficient (Wildman–Crippen LogP) is 3.64. The van der Waals surface area contributed by atoms with Gasteiger partial charge in [0, 0.05) is 40.9 Å². The molecular weight excluding hydrogens is 274 g/mol. The van der Waals surface area contributed by atoms with Gasteiger partial charge in [-0.25, -0.2) is 0 Å². The van der Waals surface area contributed by atoms with Gasteiger partial charge in [-0.1, -0.05) is 11.6 Å². The number of aromatic nitrogens is 2. The van der Waals surface area contributed by atoms with Gasteiger partial charge in [0.05, 0.1) is 6.20 Å². The second-order valence-corrected chi connectivity index (χ2v) is 5.91. The van der Waals surface area contributed by atoms with Crippen LogP contribution in [0.15, 0.2) is 30.6 Å². The molecule has 0 aliphatic carbocycles. The molecule has 5 heteroatoms. The van der Waals surface area contributed by atoms with Crippen molar-refractivity contribution in [1.29, 1.82) is 0 Å². The molecular formula is C15H18ClN3O. The van der Waals surface area contributed by atoms with Gasteiger partial charge >= 0.3 is 0 Å². The Balaban J connectivity index is 1.88. The first-order valence-corrected chi connectivity index (χ1v) is 7.18. The van der Waals surface area contributed by atoms with Crippen molar-refractivity contribution in [3.05, 3.63) is 46.7 Å². The van der Waals surface area contributed by atoms with Crippen LogP contribution in [0.2, 0.25) is 5.02 Å². The molecule has 4 nitrogen and oxygen atoms in total. The van der Waals surface area contributed by atoms with Crippen molar-refractivity contribution in [2.45, 2.75) is 38.5 Å². The van der Waals surface area contributed by atoms with Gasteiger partial charge in [0.15, 0.2) is 0 Å². The van der Waals surface area contributed by atoms with E-state index in [2.05, 4.69) is 18.9 Å². The Morgan fingerprint density at radius 2 is 2.25 bits per heavy atom. The van der Waals surface area contributed by atoms with Crippen molar-refractivity contribution >= 4 is 11.6 Å². The third-order valence-electron chi connectivity index (χ3n) is 3.63. The Labute approximate surface area is 123 Å². The van der Waals surface area contributed by atoms with Crippen LogP contribution >= 0.6 is 11.6 Å². The molecule has 20 heavy (non-hydrogen) atoms. The number of hydrogen-bond donors (Lipinski definition) is 1. The van der Waals surface area contributed by atoms with E-state index in [1.165, 1.54) is 0 Å². The molecule has 0 bridgehead atoms. The van der Waals surface area contributed by atoms with Crippen LogP contribution in [0.4, 0.5) is 0 Å². The number of rotatable bonds is 2. The minimum absolute atomic E-state index is 0.0498. The SMILES string of the molecule is CC(C)n1cc(C2C[C@@H](N)c3cc(Cl)ccc3O2)cn1. The van der Waals surface area contributed by atoms with Gasteiger partial charge in [-0.15, -0.1) is 0 Å². The Hall–Kier alpha value is -1.52. The quantitative estimate of drug-likeness (QED) is 0.919. The lowest BCUT2D eigenvalue weighted by Gasteiger charge is -2.29. The fourth-order valence-electron chi connectivity index (χ4n) is 2.48. The van der Waals surface area contributed by atoms with Crippen molar-refractivity contribution < 1.29 is 4.74 Å². The van der Waals surface area contributed by atoms with Crippen molar-refractivity contribution in [2.75, 3.05) is 0 Å². The molecule has 2 N–H and O–H groups in total. The Kier molecular flexibility index (Phi) is 3.44. The Morgan fingerprint density at radius 3 is 2.95 bits per heavy atom. The predicted molar refractivity (Wildman–Crippen MR) is 79.0 cm³/mol. The molecule has 1 aromatic heterocycles. The van der Waals surface area contributed by atoms with E-state index in [1.807, 2.05) is 35.3 Å². The minimum Gasteiger partial charge on any atom is -0.485 e. The molecule has 1 aliphatic heterocycles. The second kappa shape index (κ2) is 5.11. The van der Waals surface area contributed by atoms with Crippen LogP contribution in [0, 0.1) is 0 Å². The Morgan fingerprint density at radius 1 is 1.45 bits per heavy atom. The fraction of sp³-hybridized carbons (Fsp3) is 0.400. The first kappa shape index (κ1) is 13.5. The monoisotopic (exact) mass is 291 g/mol. The van der Waals surface area contributed by atoms with E-state index in [0.29, 0.717) is 11.1 Å². The van der Waals surface area contributed by atoms with E-state index in [0.717, 1.165) is 23.3 Å². The highest BCUT2D eigenvalue weighted by molar-refractivity contribution is 6.30. The topological polar surface area (TPSA) is 53.1 Å². The normalized spacial score (nSPS) is 21.6. The highest BCUT2D eigenvalue weighted by Crippen LogP contribution is 2.40. The van der Waals surface area contributed by atoms with E-state index in [1.54, 1.807) is 0 Å². The zero-order valence-corrected chi connectivity index (χ0v) is 12.3. The van der Waals surface area contributed by atoms with E-state index >= 15 is 0 Å². The zero-order chi connectivity index (χ0) is 14.3. The molecule has 1 aromatic carbocycles. The lowest BCUT2D eigenvalue weighted by Crippen LogP contribution is -2.23. The number of halogens is 1. The number of nitrogens with zero attached hydrogens (tertiary/aromatic N) is 2. The molecule has 106 valence electrons. The van der Waals surface area contributed by atoms with Gasteiger partial charge in [0.1, 0.15) is 11.9 Å². The molecule has 0 radical (unpaired) electrons. The smallest absolute Gasteiger partial charge is 0.129 e. The van der Waals surface area contributed by atoms with E-state index in [9.17, 15) is 0 Å². The second-order valence-electron chi connectivity index (χ2n) is 5.48. The van der Waals surface area contributed by atoms with Crippen LogP contribution in [-0.2, 0) is 0 Å². The highest BCUT2D eigenvalue weighted by Gasteiger charge is 2.28. The maximum atomic E-state index is 6.24. The summed E-state index contributed by atoms with van der Waals surface area (Å²) in [7, 11) is 0. The summed E-state index contributed by atoms with van der Waals surface area (Å²) in [6.07, 6.45) is 4.57. The average molecular weight is 292 g/mol. The molecule has 1 aliphatic rings. The number of ether oxygens (including phenoxy) is 1. The van der Waals surface area contributed by atoms with Gasteiger partial charge in [0.2, 0.25) is 0 Å². The van der Waals surface area contributed by atoms with Gasteiger partial charge in [-0.3, -0.25) is 4.68 Å².